The van der Waals surface area contributed by atoms with Crippen LogP contribution >= 0.6 is 22.9 Å². The summed E-state index contributed by atoms with van der Waals surface area (Å²) in [7, 11) is 1.64. The Morgan fingerprint density at radius 1 is 1.28 bits per heavy atom. The van der Waals surface area contributed by atoms with Gasteiger partial charge in [-0.05, 0) is 30.7 Å². The minimum atomic E-state index is -0.459. The lowest BCUT2D eigenvalue weighted by molar-refractivity contribution is 0.102. The van der Waals surface area contributed by atoms with E-state index in [2.05, 4.69) is 10.3 Å². The molecular formula is C18H16ClN3O2S. The number of amides is 1. The molecule has 25 heavy (non-hydrogen) atoms. The zero-order chi connectivity index (χ0) is 18.0. The van der Waals surface area contributed by atoms with Crippen LogP contribution in [0.2, 0.25) is 5.02 Å². The molecule has 0 unspecified atom stereocenters. The molecule has 0 aliphatic rings. The number of aryl methyl sites for hydroxylation is 1. The number of nitrogens with one attached hydrogen (secondary N) is 1. The second-order valence-corrected chi connectivity index (χ2v) is 7.13. The van der Waals surface area contributed by atoms with Crippen molar-refractivity contribution >= 4 is 34.0 Å². The number of aromatic nitrogens is 2. The molecule has 3 aromatic rings. The maximum absolute atomic E-state index is 12.3. The van der Waals surface area contributed by atoms with Crippen LogP contribution < -0.4 is 10.9 Å². The maximum Gasteiger partial charge on any atom is 0.263 e. The summed E-state index contributed by atoms with van der Waals surface area (Å²) in [5.74, 6) is -0.459. The van der Waals surface area contributed by atoms with Crippen molar-refractivity contribution in [2.75, 3.05) is 5.32 Å². The fourth-order valence-corrected chi connectivity index (χ4v) is 3.37. The van der Waals surface area contributed by atoms with Gasteiger partial charge in [-0.25, -0.2) is 4.98 Å². The van der Waals surface area contributed by atoms with Gasteiger partial charge in [0.15, 0.2) is 5.13 Å². The number of rotatable bonds is 4. The average molecular weight is 374 g/mol. The van der Waals surface area contributed by atoms with Crippen LogP contribution in [0, 0.1) is 6.92 Å². The highest BCUT2D eigenvalue weighted by Crippen LogP contribution is 2.24. The van der Waals surface area contributed by atoms with Crippen molar-refractivity contribution in [1.29, 1.82) is 0 Å². The number of hydrogen-bond donors (Lipinski definition) is 1. The van der Waals surface area contributed by atoms with Gasteiger partial charge in [-0.2, -0.15) is 0 Å². The van der Waals surface area contributed by atoms with E-state index in [0.29, 0.717) is 16.6 Å². The van der Waals surface area contributed by atoms with Gasteiger partial charge in [-0.3, -0.25) is 14.9 Å². The van der Waals surface area contributed by atoms with Crippen molar-refractivity contribution < 1.29 is 4.79 Å². The van der Waals surface area contributed by atoms with E-state index in [0.717, 1.165) is 16.1 Å². The van der Waals surface area contributed by atoms with Crippen molar-refractivity contribution in [1.82, 2.24) is 9.55 Å². The van der Waals surface area contributed by atoms with Crippen LogP contribution in [0.5, 0.6) is 0 Å². The molecule has 0 radical (unpaired) electrons. The highest BCUT2D eigenvalue weighted by molar-refractivity contribution is 7.15. The van der Waals surface area contributed by atoms with Gasteiger partial charge in [-0.15, -0.1) is 11.3 Å². The molecule has 1 amide bonds. The molecule has 2 heterocycles. The number of carbonyl (C=O) groups excluding carboxylic acids is 1. The summed E-state index contributed by atoms with van der Waals surface area (Å²) in [6, 6.07) is 10.9. The van der Waals surface area contributed by atoms with Gasteiger partial charge in [-0.1, -0.05) is 29.8 Å². The summed E-state index contributed by atoms with van der Waals surface area (Å²) in [6.45, 7) is 1.81. The summed E-state index contributed by atoms with van der Waals surface area (Å²) in [5.41, 5.74) is 1.55. The Kier molecular flexibility index (Phi) is 5.01. The Morgan fingerprint density at radius 3 is 2.80 bits per heavy atom. The zero-order valence-corrected chi connectivity index (χ0v) is 15.3. The van der Waals surface area contributed by atoms with Crippen LogP contribution in [0.3, 0.4) is 0 Å². The second kappa shape index (κ2) is 7.21. The predicted octanol–water partition coefficient (Wildman–Crippen LogP) is 3.65. The van der Waals surface area contributed by atoms with Gasteiger partial charge in [0.2, 0.25) is 0 Å². The molecule has 0 saturated carbocycles. The number of thiazole rings is 1. The highest BCUT2D eigenvalue weighted by Gasteiger charge is 2.14. The molecule has 0 fully saturated rings. The normalized spacial score (nSPS) is 10.7. The number of carbonyl (C=O) groups is 1. The van der Waals surface area contributed by atoms with E-state index in [4.69, 9.17) is 11.6 Å². The van der Waals surface area contributed by atoms with Gasteiger partial charge in [0.1, 0.15) is 5.56 Å². The second-order valence-electron chi connectivity index (χ2n) is 5.61. The standard InChI is InChI=1S/C18H16ClN3O2S/c1-11-7-8-14(17(24)22(11)2)16(23)21-18-20-10-13(25-18)9-12-5-3-4-6-15(12)19/h3-8,10H,9H2,1-2H3,(H,20,21,23). The lowest BCUT2D eigenvalue weighted by Crippen LogP contribution is -2.28. The molecule has 1 N–H and O–H groups in total. The maximum atomic E-state index is 12.3. The van der Waals surface area contributed by atoms with Crippen molar-refractivity contribution in [3.63, 3.8) is 0 Å². The van der Waals surface area contributed by atoms with Crippen molar-refractivity contribution in [3.05, 3.63) is 79.7 Å². The van der Waals surface area contributed by atoms with Crippen LogP contribution in [-0.4, -0.2) is 15.5 Å². The molecular weight excluding hydrogens is 358 g/mol. The number of benzene rings is 1. The molecule has 0 atom stereocenters. The molecule has 0 aliphatic carbocycles. The third kappa shape index (κ3) is 3.81. The van der Waals surface area contributed by atoms with E-state index in [1.54, 1.807) is 19.3 Å². The van der Waals surface area contributed by atoms with Gasteiger partial charge in [0.25, 0.3) is 11.5 Å². The monoisotopic (exact) mass is 373 g/mol. The molecule has 7 heteroatoms. The third-order valence-corrected chi connectivity index (χ3v) is 5.18. The SMILES string of the molecule is Cc1ccc(C(=O)Nc2ncc(Cc3ccccc3Cl)s2)c(=O)n1C. The summed E-state index contributed by atoms with van der Waals surface area (Å²) >= 11 is 7.53. The van der Waals surface area contributed by atoms with Gasteiger partial charge in [0, 0.05) is 35.3 Å². The Bertz CT molecular complexity index is 994. The molecule has 2 aromatic heterocycles. The molecule has 0 aliphatic heterocycles. The molecule has 0 spiro atoms. The Labute approximate surface area is 153 Å². The Hall–Kier alpha value is -2.44. The number of hydrogen-bond acceptors (Lipinski definition) is 4. The summed E-state index contributed by atoms with van der Waals surface area (Å²) < 4.78 is 1.44. The number of halogens is 1. The summed E-state index contributed by atoms with van der Waals surface area (Å²) in [4.78, 5) is 29.7. The minimum Gasteiger partial charge on any atom is -0.315 e. The van der Waals surface area contributed by atoms with Crippen LogP contribution in [0.25, 0.3) is 0 Å². The molecule has 3 rings (SSSR count). The van der Waals surface area contributed by atoms with Gasteiger partial charge < -0.3 is 4.57 Å². The minimum absolute atomic E-state index is 0.0935. The predicted molar refractivity (Wildman–Crippen MR) is 101 cm³/mol. The van der Waals surface area contributed by atoms with E-state index < -0.39 is 5.91 Å². The third-order valence-electron chi connectivity index (χ3n) is 3.90. The molecule has 1 aromatic carbocycles. The van der Waals surface area contributed by atoms with E-state index in [9.17, 15) is 9.59 Å². The number of pyridine rings is 1. The van der Waals surface area contributed by atoms with Crippen LogP contribution in [0.1, 0.15) is 26.5 Å². The summed E-state index contributed by atoms with van der Waals surface area (Å²) in [5, 5.41) is 3.84. The van der Waals surface area contributed by atoms with Gasteiger partial charge in [0.05, 0.1) is 0 Å². The zero-order valence-electron chi connectivity index (χ0n) is 13.7. The fourth-order valence-electron chi connectivity index (χ4n) is 2.34. The molecule has 128 valence electrons. The first-order chi connectivity index (χ1) is 12.0. The highest BCUT2D eigenvalue weighted by atomic mass is 35.5. The molecule has 5 nitrogen and oxygen atoms in total. The number of anilines is 1. The summed E-state index contributed by atoms with van der Waals surface area (Å²) in [6.07, 6.45) is 2.34. The van der Waals surface area contributed by atoms with Crippen LogP contribution in [0.15, 0.2) is 47.4 Å². The molecule has 0 bridgehead atoms. The van der Waals surface area contributed by atoms with Crippen molar-refractivity contribution in [3.8, 4) is 0 Å². The van der Waals surface area contributed by atoms with E-state index in [1.807, 2.05) is 31.2 Å². The van der Waals surface area contributed by atoms with Crippen molar-refractivity contribution in [2.24, 2.45) is 7.05 Å². The van der Waals surface area contributed by atoms with E-state index in [1.165, 1.54) is 22.0 Å². The topological polar surface area (TPSA) is 64.0 Å². The van der Waals surface area contributed by atoms with E-state index >= 15 is 0 Å². The molecule has 0 saturated heterocycles. The Balaban J connectivity index is 1.75. The van der Waals surface area contributed by atoms with Crippen molar-refractivity contribution in [2.45, 2.75) is 13.3 Å². The number of nitrogens with zero attached hydrogens (tertiary/aromatic N) is 2. The first kappa shape index (κ1) is 17.4. The smallest absolute Gasteiger partial charge is 0.263 e. The first-order valence-electron chi connectivity index (χ1n) is 7.62. The largest absolute Gasteiger partial charge is 0.315 e. The van der Waals surface area contributed by atoms with E-state index in [-0.39, 0.29) is 11.1 Å². The van der Waals surface area contributed by atoms with Crippen LogP contribution in [-0.2, 0) is 13.5 Å². The Morgan fingerprint density at radius 2 is 2.04 bits per heavy atom. The van der Waals surface area contributed by atoms with Crippen LogP contribution in [0.4, 0.5) is 5.13 Å². The lowest BCUT2D eigenvalue weighted by atomic mass is 10.1. The fraction of sp³-hybridized carbons (Fsp3) is 0.167. The van der Waals surface area contributed by atoms with Gasteiger partial charge >= 0.3 is 0 Å². The first-order valence-corrected chi connectivity index (χ1v) is 8.81. The lowest BCUT2D eigenvalue weighted by Gasteiger charge is -2.06. The quantitative estimate of drug-likeness (QED) is 0.759. The average Bonchev–Trinajstić information content (AvgIpc) is 3.02.